The number of benzene rings is 2. The molecule has 2 aromatic rings. The van der Waals surface area contributed by atoms with E-state index in [2.05, 4.69) is 21.1 Å². The minimum atomic E-state index is -3.42. The first kappa shape index (κ1) is 23.9. The highest BCUT2D eigenvalue weighted by Crippen LogP contribution is 2.29. The molecular formula is C24H31N3O4S2. The maximum Gasteiger partial charge on any atom is 0.232 e. The van der Waals surface area contributed by atoms with Crippen LogP contribution in [-0.2, 0) is 21.2 Å². The average Bonchev–Trinajstić information content (AvgIpc) is 3.32. The Bertz CT molecular complexity index is 1070. The lowest BCUT2D eigenvalue weighted by molar-refractivity contribution is 0.0724. The van der Waals surface area contributed by atoms with Crippen LogP contribution in [0.4, 0.5) is 5.69 Å². The number of nitrogens with zero attached hydrogens (tertiary/aromatic N) is 1. The van der Waals surface area contributed by atoms with Gasteiger partial charge in [0.15, 0.2) is 5.17 Å². The summed E-state index contributed by atoms with van der Waals surface area (Å²) in [6.07, 6.45) is 2.24. The van der Waals surface area contributed by atoms with Crippen LogP contribution in [0.25, 0.3) is 0 Å². The monoisotopic (exact) mass is 489 g/mol. The number of para-hydroxylation sites is 1. The highest BCUT2D eigenvalue weighted by atomic mass is 32.2. The predicted molar refractivity (Wildman–Crippen MR) is 135 cm³/mol. The Labute approximate surface area is 200 Å². The van der Waals surface area contributed by atoms with E-state index in [0.29, 0.717) is 25.3 Å². The molecule has 0 radical (unpaired) electrons. The molecule has 2 N–H and O–H groups in total. The number of nitrogens with one attached hydrogen (secondary N) is 2. The molecule has 7 nitrogen and oxygen atoms in total. The van der Waals surface area contributed by atoms with Crippen LogP contribution in [0.2, 0.25) is 0 Å². The maximum absolute atomic E-state index is 12.7. The third kappa shape index (κ3) is 6.88. The maximum atomic E-state index is 12.7. The highest BCUT2D eigenvalue weighted by molar-refractivity contribution is 8.14. The van der Waals surface area contributed by atoms with E-state index in [0.717, 1.165) is 47.2 Å². The summed E-state index contributed by atoms with van der Waals surface area (Å²) in [6.45, 7) is 2.09. The molecule has 0 amide bonds. The molecule has 4 rings (SSSR count). The third-order valence-corrected chi connectivity index (χ3v) is 8.20. The molecule has 9 heteroatoms. The summed E-state index contributed by atoms with van der Waals surface area (Å²) in [5.41, 5.74) is 2.65. The molecule has 1 atom stereocenters. The fourth-order valence-corrected chi connectivity index (χ4v) is 6.51. The molecule has 2 aliphatic heterocycles. The van der Waals surface area contributed by atoms with Crippen LogP contribution in [0.15, 0.2) is 53.5 Å². The van der Waals surface area contributed by atoms with Crippen LogP contribution < -0.4 is 14.8 Å². The summed E-state index contributed by atoms with van der Waals surface area (Å²) >= 11 is 1.71. The quantitative estimate of drug-likeness (QED) is 0.556. The van der Waals surface area contributed by atoms with Crippen LogP contribution in [0.1, 0.15) is 30.0 Å². The van der Waals surface area contributed by atoms with Gasteiger partial charge in [0.25, 0.3) is 0 Å². The second-order valence-corrected chi connectivity index (χ2v) is 11.2. The van der Waals surface area contributed by atoms with Crippen LogP contribution in [0, 0.1) is 5.92 Å². The van der Waals surface area contributed by atoms with E-state index in [9.17, 15) is 8.42 Å². The number of ether oxygens (including phenoxy) is 2. The summed E-state index contributed by atoms with van der Waals surface area (Å²) in [4.78, 5) is 4.55. The van der Waals surface area contributed by atoms with Crippen LogP contribution in [-0.4, -0.2) is 52.0 Å². The third-order valence-electron chi connectivity index (χ3n) is 5.83. The van der Waals surface area contributed by atoms with Gasteiger partial charge in [0, 0.05) is 30.2 Å². The van der Waals surface area contributed by atoms with Crippen LogP contribution in [0.5, 0.6) is 5.75 Å². The average molecular weight is 490 g/mol. The van der Waals surface area contributed by atoms with Crippen molar-refractivity contribution >= 4 is 32.6 Å². The Morgan fingerprint density at radius 3 is 2.76 bits per heavy atom. The second-order valence-electron chi connectivity index (χ2n) is 8.32. The minimum absolute atomic E-state index is 0.0559. The van der Waals surface area contributed by atoms with Gasteiger partial charge in [0.2, 0.25) is 10.0 Å². The predicted octanol–water partition coefficient (Wildman–Crippen LogP) is 3.84. The Morgan fingerprint density at radius 1 is 1.18 bits per heavy atom. The van der Waals surface area contributed by atoms with Gasteiger partial charge in [-0.25, -0.2) is 8.42 Å². The number of anilines is 1. The Morgan fingerprint density at radius 2 is 2.00 bits per heavy atom. The van der Waals surface area contributed by atoms with Crippen molar-refractivity contribution in [3.8, 4) is 5.75 Å². The van der Waals surface area contributed by atoms with Crippen molar-refractivity contribution in [1.29, 1.82) is 0 Å². The molecule has 2 heterocycles. The molecule has 178 valence electrons. The Hall–Kier alpha value is -2.23. The molecule has 33 heavy (non-hydrogen) atoms. The molecule has 0 saturated carbocycles. The molecule has 1 unspecified atom stereocenters. The van der Waals surface area contributed by atoms with Crippen molar-refractivity contribution in [1.82, 2.24) is 5.32 Å². The SMILES string of the molecule is COc1ccccc1C(Cc1cccc(NS(=O)(=O)CC2CCOCC2)c1)NC1=NCCS1. The van der Waals surface area contributed by atoms with E-state index in [4.69, 9.17) is 9.47 Å². The number of aliphatic imine (C=N–C) groups is 1. The largest absolute Gasteiger partial charge is 0.496 e. The lowest BCUT2D eigenvalue weighted by Crippen LogP contribution is -2.28. The first-order valence-electron chi connectivity index (χ1n) is 11.3. The molecular weight excluding hydrogens is 458 g/mol. The number of hydrogen-bond donors (Lipinski definition) is 2. The number of hydrogen-bond acceptors (Lipinski definition) is 7. The van der Waals surface area contributed by atoms with Gasteiger partial charge in [-0.2, -0.15) is 0 Å². The molecule has 2 aromatic carbocycles. The van der Waals surface area contributed by atoms with E-state index in [-0.39, 0.29) is 17.7 Å². The number of thioether (sulfide) groups is 1. The summed E-state index contributed by atoms with van der Waals surface area (Å²) < 4.78 is 39.2. The van der Waals surface area contributed by atoms with Gasteiger partial charge in [-0.1, -0.05) is 42.1 Å². The summed E-state index contributed by atoms with van der Waals surface area (Å²) in [7, 11) is -1.75. The van der Waals surface area contributed by atoms with Crippen molar-refractivity contribution in [2.75, 3.05) is 43.1 Å². The topological polar surface area (TPSA) is 89.0 Å². The number of methoxy groups -OCH3 is 1. The normalized spacial score (nSPS) is 17.9. The van der Waals surface area contributed by atoms with Gasteiger partial charge in [-0.05, 0) is 48.9 Å². The van der Waals surface area contributed by atoms with Crippen molar-refractivity contribution in [2.24, 2.45) is 10.9 Å². The Kier molecular flexibility index (Phi) is 8.16. The first-order chi connectivity index (χ1) is 16.0. The summed E-state index contributed by atoms with van der Waals surface area (Å²) in [5, 5.41) is 4.49. The number of sulfonamides is 1. The molecule has 2 aliphatic rings. The van der Waals surface area contributed by atoms with Crippen LogP contribution in [0.3, 0.4) is 0 Å². The van der Waals surface area contributed by atoms with E-state index < -0.39 is 10.0 Å². The smallest absolute Gasteiger partial charge is 0.232 e. The molecule has 0 aromatic heterocycles. The Balaban J connectivity index is 1.50. The molecule has 0 spiro atoms. The second kappa shape index (κ2) is 11.3. The standard InChI is InChI=1S/C24H31N3O4S2/c1-30-23-8-3-2-7-21(23)22(26-24-25-11-14-32-24)16-19-5-4-6-20(15-19)27-33(28,29)17-18-9-12-31-13-10-18/h2-8,15,18,22,27H,9-14,16-17H2,1H3,(H,25,26). The lowest BCUT2D eigenvalue weighted by Gasteiger charge is -2.23. The summed E-state index contributed by atoms with van der Waals surface area (Å²) in [5.74, 6) is 2.06. The fraction of sp³-hybridized carbons (Fsp3) is 0.458. The van der Waals surface area contributed by atoms with E-state index in [1.807, 2.05) is 36.4 Å². The van der Waals surface area contributed by atoms with Crippen molar-refractivity contribution in [2.45, 2.75) is 25.3 Å². The first-order valence-corrected chi connectivity index (χ1v) is 13.9. The fourth-order valence-electron chi connectivity index (χ4n) is 4.21. The summed E-state index contributed by atoms with van der Waals surface area (Å²) in [6, 6.07) is 15.5. The zero-order valence-corrected chi connectivity index (χ0v) is 20.5. The zero-order chi connectivity index (χ0) is 23.1. The number of rotatable bonds is 9. The van der Waals surface area contributed by atoms with E-state index >= 15 is 0 Å². The molecule has 1 fully saturated rings. The lowest BCUT2D eigenvalue weighted by atomic mass is 9.98. The van der Waals surface area contributed by atoms with Gasteiger partial charge in [0.05, 0.1) is 25.4 Å². The van der Waals surface area contributed by atoms with Crippen molar-refractivity contribution in [3.63, 3.8) is 0 Å². The van der Waals surface area contributed by atoms with Gasteiger partial charge in [0.1, 0.15) is 5.75 Å². The minimum Gasteiger partial charge on any atom is -0.496 e. The molecule has 0 aliphatic carbocycles. The molecule has 1 saturated heterocycles. The molecule has 0 bridgehead atoms. The van der Waals surface area contributed by atoms with Crippen molar-refractivity contribution in [3.05, 3.63) is 59.7 Å². The number of amidine groups is 1. The van der Waals surface area contributed by atoms with Gasteiger partial charge >= 0.3 is 0 Å². The van der Waals surface area contributed by atoms with E-state index in [1.165, 1.54) is 0 Å². The highest BCUT2D eigenvalue weighted by Gasteiger charge is 2.23. The van der Waals surface area contributed by atoms with Gasteiger partial charge in [-0.3, -0.25) is 9.71 Å². The van der Waals surface area contributed by atoms with Gasteiger partial charge in [-0.15, -0.1) is 0 Å². The van der Waals surface area contributed by atoms with Crippen LogP contribution >= 0.6 is 11.8 Å². The van der Waals surface area contributed by atoms with Crippen molar-refractivity contribution < 1.29 is 17.9 Å². The zero-order valence-electron chi connectivity index (χ0n) is 18.8. The van der Waals surface area contributed by atoms with Gasteiger partial charge < -0.3 is 14.8 Å². The van der Waals surface area contributed by atoms with E-state index in [1.54, 1.807) is 24.9 Å².